The summed E-state index contributed by atoms with van der Waals surface area (Å²) in [5.41, 5.74) is 0.711. The van der Waals surface area contributed by atoms with E-state index in [1.165, 1.54) is 0 Å². The fraction of sp³-hybridized carbons (Fsp3) is 0.500. The van der Waals surface area contributed by atoms with Crippen LogP contribution in [0.3, 0.4) is 0 Å². The molecule has 0 amide bonds. The summed E-state index contributed by atoms with van der Waals surface area (Å²) in [6.07, 6.45) is 0. The van der Waals surface area contributed by atoms with Crippen LogP contribution in [0, 0.1) is 0 Å². The molecule has 1 rings (SSSR count). The molecule has 4 N–H and O–H groups in total. The SMILES string of the molecule is OCc1oc(CO)c(CO)c1CO. The van der Waals surface area contributed by atoms with Gasteiger partial charge in [0.05, 0.1) is 13.2 Å². The lowest BCUT2D eigenvalue weighted by Crippen LogP contribution is -1.95. The molecule has 0 aromatic carbocycles. The molecule has 0 aliphatic carbocycles. The number of hydrogen-bond acceptors (Lipinski definition) is 5. The molecular weight excluding hydrogens is 176 g/mol. The van der Waals surface area contributed by atoms with Crippen molar-refractivity contribution in [3.05, 3.63) is 22.6 Å². The zero-order chi connectivity index (χ0) is 9.84. The van der Waals surface area contributed by atoms with Crippen molar-refractivity contribution in [3.63, 3.8) is 0 Å². The van der Waals surface area contributed by atoms with Gasteiger partial charge in [0.1, 0.15) is 24.7 Å². The first-order chi connectivity index (χ1) is 6.28. The number of aliphatic hydroxyl groups excluding tert-OH is 4. The van der Waals surface area contributed by atoms with Crippen LogP contribution in [0.25, 0.3) is 0 Å². The lowest BCUT2D eigenvalue weighted by atomic mass is 10.1. The van der Waals surface area contributed by atoms with Crippen molar-refractivity contribution in [3.8, 4) is 0 Å². The molecule has 0 saturated heterocycles. The minimum Gasteiger partial charge on any atom is -0.460 e. The highest BCUT2D eigenvalue weighted by molar-refractivity contribution is 5.32. The third-order valence-corrected chi connectivity index (χ3v) is 1.89. The summed E-state index contributed by atoms with van der Waals surface area (Å²) < 4.78 is 5.01. The van der Waals surface area contributed by atoms with Gasteiger partial charge in [-0.15, -0.1) is 0 Å². The molecule has 5 heteroatoms. The van der Waals surface area contributed by atoms with Crippen LogP contribution in [-0.2, 0) is 26.4 Å². The highest BCUT2D eigenvalue weighted by Crippen LogP contribution is 2.23. The summed E-state index contributed by atoms with van der Waals surface area (Å²) >= 11 is 0. The first-order valence-corrected chi connectivity index (χ1v) is 3.84. The fourth-order valence-electron chi connectivity index (χ4n) is 1.23. The lowest BCUT2D eigenvalue weighted by Gasteiger charge is -1.97. The quantitative estimate of drug-likeness (QED) is 0.498. The largest absolute Gasteiger partial charge is 0.460 e. The maximum absolute atomic E-state index is 8.91. The molecule has 0 unspecified atom stereocenters. The molecule has 0 radical (unpaired) electrons. The van der Waals surface area contributed by atoms with E-state index in [1.54, 1.807) is 0 Å². The Morgan fingerprint density at radius 3 is 1.31 bits per heavy atom. The van der Waals surface area contributed by atoms with E-state index in [1.807, 2.05) is 0 Å². The van der Waals surface area contributed by atoms with Gasteiger partial charge in [0, 0.05) is 11.1 Å². The van der Waals surface area contributed by atoms with Crippen molar-refractivity contribution in [1.82, 2.24) is 0 Å². The molecule has 0 atom stereocenters. The molecule has 0 fully saturated rings. The minimum absolute atomic E-state index is 0.190. The molecule has 74 valence electrons. The zero-order valence-electron chi connectivity index (χ0n) is 7.03. The Bertz CT molecular complexity index is 252. The Labute approximate surface area is 74.9 Å². The van der Waals surface area contributed by atoms with E-state index in [0.717, 1.165) is 0 Å². The first kappa shape index (κ1) is 10.2. The number of hydrogen-bond donors (Lipinski definition) is 4. The average molecular weight is 188 g/mol. The van der Waals surface area contributed by atoms with Crippen molar-refractivity contribution < 1.29 is 24.8 Å². The predicted molar refractivity (Wildman–Crippen MR) is 42.4 cm³/mol. The van der Waals surface area contributed by atoms with Gasteiger partial charge >= 0.3 is 0 Å². The van der Waals surface area contributed by atoms with Crippen LogP contribution < -0.4 is 0 Å². The van der Waals surface area contributed by atoms with Crippen LogP contribution >= 0.6 is 0 Å². The fourth-order valence-corrected chi connectivity index (χ4v) is 1.23. The lowest BCUT2D eigenvalue weighted by molar-refractivity contribution is 0.208. The van der Waals surface area contributed by atoms with Gasteiger partial charge in [-0.05, 0) is 0 Å². The molecule has 0 bridgehead atoms. The molecule has 0 saturated carbocycles. The highest BCUT2D eigenvalue weighted by Gasteiger charge is 2.17. The summed E-state index contributed by atoms with van der Waals surface area (Å²) in [6, 6.07) is 0. The molecule has 13 heavy (non-hydrogen) atoms. The summed E-state index contributed by atoms with van der Waals surface area (Å²) in [4.78, 5) is 0. The van der Waals surface area contributed by atoms with Gasteiger partial charge < -0.3 is 24.8 Å². The third kappa shape index (κ3) is 1.73. The van der Waals surface area contributed by atoms with Crippen LogP contribution in [0.4, 0.5) is 0 Å². The summed E-state index contributed by atoms with van der Waals surface area (Å²) in [7, 11) is 0. The Kier molecular flexibility index (Phi) is 3.44. The summed E-state index contributed by atoms with van der Waals surface area (Å²) in [5, 5.41) is 35.4. The van der Waals surface area contributed by atoms with Gasteiger partial charge in [-0.2, -0.15) is 0 Å². The molecule has 5 nitrogen and oxygen atoms in total. The van der Waals surface area contributed by atoms with Crippen molar-refractivity contribution in [2.75, 3.05) is 0 Å². The van der Waals surface area contributed by atoms with Crippen LogP contribution in [0.2, 0.25) is 0 Å². The van der Waals surface area contributed by atoms with Gasteiger partial charge in [0.25, 0.3) is 0 Å². The molecule has 0 aliphatic rings. The summed E-state index contributed by atoms with van der Waals surface area (Å²) in [6.45, 7) is -1.36. The second-order valence-electron chi connectivity index (χ2n) is 2.54. The van der Waals surface area contributed by atoms with E-state index in [0.29, 0.717) is 11.1 Å². The van der Waals surface area contributed by atoms with Crippen LogP contribution in [0.5, 0.6) is 0 Å². The van der Waals surface area contributed by atoms with E-state index in [2.05, 4.69) is 0 Å². The van der Waals surface area contributed by atoms with E-state index >= 15 is 0 Å². The normalized spacial score (nSPS) is 10.8. The van der Waals surface area contributed by atoms with Gasteiger partial charge in [0.2, 0.25) is 0 Å². The van der Waals surface area contributed by atoms with Crippen molar-refractivity contribution in [2.24, 2.45) is 0 Å². The number of furan rings is 1. The molecule has 1 aromatic heterocycles. The maximum Gasteiger partial charge on any atom is 0.135 e. The van der Waals surface area contributed by atoms with E-state index in [-0.39, 0.29) is 37.9 Å². The first-order valence-electron chi connectivity index (χ1n) is 3.84. The molecule has 1 aromatic rings. The average Bonchev–Trinajstić information content (AvgIpc) is 2.54. The van der Waals surface area contributed by atoms with Gasteiger partial charge in [-0.25, -0.2) is 0 Å². The third-order valence-electron chi connectivity index (χ3n) is 1.89. The number of aliphatic hydroxyl groups is 4. The minimum atomic E-state index is -0.358. The number of rotatable bonds is 4. The Balaban J connectivity index is 3.17. The van der Waals surface area contributed by atoms with Crippen molar-refractivity contribution >= 4 is 0 Å². The second-order valence-corrected chi connectivity index (χ2v) is 2.54. The standard InChI is InChI=1S/C8H12O5/c9-1-5-6(2-10)8(4-12)13-7(5)3-11/h9-12H,1-4H2. The van der Waals surface area contributed by atoms with Crippen molar-refractivity contribution in [1.29, 1.82) is 0 Å². The topological polar surface area (TPSA) is 94.1 Å². The monoisotopic (exact) mass is 188 g/mol. The highest BCUT2D eigenvalue weighted by atomic mass is 16.4. The van der Waals surface area contributed by atoms with Gasteiger partial charge in [-0.3, -0.25) is 0 Å². The Hall–Kier alpha value is -0.880. The van der Waals surface area contributed by atoms with Crippen LogP contribution in [0.1, 0.15) is 22.6 Å². The smallest absolute Gasteiger partial charge is 0.135 e. The summed E-state index contributed by atoms with van der Waals surface area (Å²) in [5.74, 6) is 0.381. The molecule has 0 aliphatic heterocycles. The van der Waals surface area contributed by atoms with Gasteiger partial charge in [0.15, 0.2) is 0 Å². The van der Waals surface area contributed by atoms with Gasteiger partial charge in [-0.1, -0.05) is 0 Å². The Morgan fingerprint density at radius 1 is 0.692 bits per heavy atom. The van der Waals surface area contributed by atoms with Crippen LogP contribution in [0.15, 0.2) is 4.42 Å². The van der Waals surface area contributed by atoms with E-state index < -0.39 is 0 Å². The predicted octanol–water partition coefficient (Wildman–Crippen LogP) is -0.751. The van der Waals surface area contributed by atoms with Crippen molar-refractivity contribution in [2.45, 2.75) is 26.4 Å². The zero-order valence-corrected chi connectivity index (χ0v) is 7.03. The second kappa shape index (κ2) is 4.38. The molecule has 1 heterocycles. The molecule has 0 spiro atoms. The Morgan fingerprint density at radius 2 is 1.08 bits per heavy atom. The van der Waals surface area contributed by atoms with E-state index in [4.69, 9.17) is 24.8 Å². The van der Waals surface area contributed by atoms with Crippen LogP contribution in [-0.4, -0.2) is 20.4 Å². The maximum atomic E-state index is 8.91. The molecular formula is C8H12O5. The van der Waals surface area contributed by atoms with E-state index in [9.17, 15) is 0 Å².